The molecule has 1 fully saturated rings. The molecule has 7 nitrogen and oxygen atoms in total. The second-order valence-electron chi connectivity index (χ2n) is 4.18. The molecule has 7 heteroatoms. The minimum atomic E-state index is -0.848. The molecular formula is C11H12N4O3. The molecule has 3 heterocycles. The standard InChI is InChI=1S/C11H12N4O3/c16-11(17)8-5-7(6-13-8)18-10-2-1-9-12-3-4-15(9)14-10/h1-4,7-8,13H,5-6H2,(H,16,17). The average molecular weight is 248 g/mol. The second kappa shape index (κ2) is 4.26. The van der Waals surface area contributed by atoms with Crippen LogP contribution in [-0.2, 0) is 4.79 Å². The lowest BCUT2D eigenvalue weighted by molar-refractivity contribution is -0.139. The molecular weight excluding hydrogens is 236 g/mol. The van der Waals surface area contributed by atoms with Gasteiger partial charge in [0, 0.05) is 31.4 Å². The van der Waals surface area contributed by atoms with Gasteiger partial charge in [-0.2, -0.15) is 0 Å². The summed E-state index contributed by atoms with van der Waals surface area (Å²) >= 11 is 0. The topological polar surface area (TPSA) is 88.8 Å². The van der Waals surface area contributed by atoms with Crippen LogP contribution in [0.4, 0.5) is 0 Å². The van der Waals surface area contributed by atoms with Crippen molar-refractivity contribution in [2.24, 2.45) is 0 Å². The van der Waals surface area contributed by atoms with Crippen LogP contribution in [0.15, 0.2) is 24.5 Å². The minimum absolute atomic E-state index is 0.167. The summed E-state index contributed by atoms with van der Waals surface area (Å²) in [6.45, 7) is 0.514. The van der Waals surface area contributed by atoms with Crippen molar-refractivity contribution in [3.8, 4) is 5.88 Å². The second-order valence-corrected chi connectivity index (χ2v) is 4.18. The first-order chi connectivity index (χ1) is 8.72. The van der Waals surface area contributed by atoms with E-state index in [1.165, 1.54) is 0 Å². The Hall–Kier alpha value is -2.15. The summed E-state index contributed by atoms with van der Waals surface area (Å²) in [5, 5.41) is 16.0. The van der Waals surface area contributed by atoms with Gasteiger partial charge in [0.2, 0.25) is 5.88 Å². The Morgan fingerprint density at radius 1 is 1.56 bits per heavy atom. The van der Waals surface area contributed by atoms with E-state index in [4.69, 9.17) is 9.84 Å². The normalized spacial score (nSPS) is 23.3. The number of ether oxygens (including phenoxy) is 1. The van der Waals surface area contributed by atoms with E-state index in [-0.39, 0.29) is 6.10 Å². The summed E-state index contributed by atoms with van der Waals surface area (Å²) < 4.78 is 7.27. The average Bonchev–Trinajstić information content (AvgIpc) is 2.96. The van der Waals surface area contributed by atoms with Crippen molar-refractivity contribution in [3.05, 3.63) is 24.5 Å². The van der Waals surface area contributed by atoms with Crippen LogP contribution in [0.1, 0.15) is 6.42 Å². The van der Waals surface area contributed by atoms with Crippen LogP contribution in [0, 0.1) is 0 Å². The molecule has 1 aliphatic heterocycles. The molecule has 0 bridgehead atoms. The third kappa shape index (κ3) is 2.00. The van der Waals surface area contributed by atoms with E-state index in [1.54, 1.807) is 29.0 Å². The van der Waals surface area contributed by atoms with Crippen molar-refractivity contribution in [1.29, 1.82) is 0 Å². The van der Waals surface area contributed by atoms with Crippen molar-refractivity contribution >= 4 is 11.6 Å². The Bertz CT molecular complexity index is 582. The first-order valence-corrected chi connectivity index (χ1v) is 5.65. The van der Waals surface area contributed by atoms with Crippen LogP contribution < -0.4 is 10.1 Å². The highest BCUT2D eigenvalue weighted by Gasteiger charge is 2.30. The summed E-state index contributed by atoms with van der Waals surface area (Å²) in [5.41, 5.74) is 0.746. The van der Waals surface area contributed by atoms with E-state index < -0.39 is 12.0 Å². The maximum Gasteiger partial charge on any atom is 0.320 e. The zero-order valence-electron chi connectivity index (χ0n) is 9.48. The molecule has 2 aromatic rings. The quantitative estimate of drug-likeness (QED) is 0.790. The number of hydrogen-bond acceptors (Lipinski definition) is 5. The number of fused-ring (bicyclic) bond motifs is 1. The highest BCUT2D eigenvalue weighted by atomic mass is 16.5. The van der Waals surface area contributed by atoms with Gasteiger partial charge in [-0.05, 0) is 6.07 Å². The Kier molecular flexibility index (Phi) is 2.60. The number of aliphatic carboxylic acids is 1. The number of aromatic nitrogens is 3. The van der Waals surface area contributed by atoms with Gasteiger partial charge in [-0.25, -0.2) is 9.50 Å². The highest BCUT2D eigenvalue weighted by molar-refractivity contribution is 5.73. The smallest absolute Gasteiger partial charge is 0.320 e. The molecule has 0 aromatic carbocycles. The van der Waals surface area contributed by atoms with Gasteiger partial charge in [0.25, 0.3) is 0 Å². The first-order valence-electron chi connectivity index (χ1n) is 5.65. The van der Waals surface area contributed by atoms with Gasteiger partial charge in [0.1, 0.15) is 12.1 Å². The predicted octanol–water partition coefficient (Wildman–Crippen LogP) is -0.0768. The van der Waals surface area contributed by atoms with E-state index in [0.717, 1.165) is 5.65 Å². The molecule has 2 atom stereocenters. The number of carbonyl (C=O) groups is 1. The van der Waals surface area contributed by atoms with Crippen molar-refractivity contribution in [2.75, 3.05) is 6.54 Å². The minimum Gasteiger partial charge on any atom is -0.480 e. The van der Waals surface area contributed by atoms with Crippen molar-refractivity contribution in [3.63, 3.8) is 0 Å². The van der Waals surface area contributed by atoms with Crippen molar-refractivity contribution in [2.45, 2.75) is 18.6 Å². The molecule has 94 valence electrons. The first kappa shape index (κ1) is 11.0. The van der Waals surface area contributed by atoms with Gasteiger partial charge in [-0.15, -0.1) is 5.10 Å². The van der Waals surface area contributed by atoms with Gasteiger partial charge < -0.3 is 15.2 Å². The lowest BCUT2D eigenvalue weighted by atomic mass is 10.2. The third-order valence-electron chi connectivity index (χ3n) is 2.91. The van der Waals surface area contributed by atoms with Crippen LogP contribution >= 0.6 is 0 Å². The van der Waals surface area contributed by atoms with Crippen LogP contribution in [0.25, 0.3) is 5.65 Å². The molecule has 2 unspecified atom stereocenters. The number of imidazole rings is 1. The Morgan fingerprint density at radius 2 is 2.44 bits per heavy atom. The van der Waals surface area contributed by atoms with Gasteiger partial charge in [-0.1, -0.05) is 0 Å². The molecule has 0 amide bonds. The number of nitrogens with one attached hydrogen (secondary N) is 1. The molecule has 0 radical (unpaired) electrons. The third-order valence-corrected chi connectivity index (χ3v) is 2.91. The molecule has 0 saturated carbocycles. The van der Waals surface area contributed by atoms with E-state index >= 15 is 0 Å². The Morgan fingerprint density at radius 3 is 3.22 bits per heavy atom. The van der Waals surface area contributed by atoms with E-state index in [2.05, 4.69) is 15.4 Å². The SMILES string of the molecule is O=C(O)C1CC(Oc2ccc3nccn3n2)CN1. The molecule has 1 aliphatic rings. The molecule has 0 spiro atoms. The number of nitrogens with zero attached hydrogens (tertiary/aromatic N) is 3. The van der Waals surface area contributed by atoms with Gasteiger partial charge in [0.15, 0.2) is 5.65 Å². The van der Waals surface area contributed by atoms with Crippen molar-refractivity contribution in [1.82, 2.24) is 19.9 Å². The zero-order valence-corrected chi connectivity index (χ0v) is 9.48. The van der Waals surface area contributed by atoms with E-state index in [1.807, 2.05) is 0 Å². The van der Waals surface area contributed by atoms with Crippen LogP contribution in [0.2, 0.25) is 0 Å². The largest absolute Gasteiger partial charge is 0.480 e. The monoisotopic (exact) mass is 248 g/mol. The summed E-state index contributed by atoms with van der Waals surface area (Å²) in [5.74, 6) is -0.377. The molecule has 2 N–H and O–H groups in total. The molecule has 3 rings (SSSR count). The van der Waals surface area contributed by atoms with Crippen LogP contribution in [0.5, 0.6) is 5.88 Å². The predicted molar refractivity (Wildman–Crippen MR) is 61.4 cm³/mol. The maximum atomic E-state index is 10.8. The Balaban J connectivity index is 1.71. The zero-order chi connectivity index (χ0) is 12.5. The molecule has 1 saturated heterocycles. The van der Waals surface area contributed by atoms with Gasteiger partial charge in [-0.3, -0.25) is 4.79 Å². The summed E-state index contributed by atoms with van der Waals surface area (Å²) in [6.07, 6.45) is 3.66. The van der Waals surface area contributed by atoms with Gasteiger partial charge in [0.05, 0.1) is 0 Å². The molecule has 0 aliphatic carbocycles. The highest BCUT2D eigenvalue weighted by Crippen LogP contribution is 2.15. The number of hydrogen-bond donors (Lipinski definition) is 2. The van der Waals surface area contributed by atoms with E-state index in [9.17, 15) is 4.79 Å². The lowest BCUT2D eigenvalue weighted by Gasteiger charge is -2.11. The van der Waals surface area contributed by atoms with Crippen molar-refractivity contribution < 1.29 is 14.6 Å². The lowest BCUT2D eigenvalue weighted by Crippen LogP contribution is -2.30. The number of carboxylic acids is 1. The fourth-order valence-electron chi connectivity index (χ4n) is 2.01. The maximum absolute atomic E-state index is 10.8. The number of rotatable bonds is 3. The Labute approximate surface area is 102 Å². The number of carboxylic acid groups (broad SMARTS) is 1. The molecule has 2 aromatic heterocycles. The fourth-order valence-corrected chi connectivity index (χ4v) is 2.01. The summed E-state index contributed by atoms with van der Waals surface area (Å²) in [6, 6.07) is 3.00. The van der Waals surface area contributed by atoms with Gasteiger partial charge >= 0.3 is 5.97 Å². The van der Waals surface area contributed by atoms with Crippen LogP contribution in [0.3, 0.4) is 0 Å². The summed E-state index contributed by atoms with van der Waals surface area (Å²) in [4.78, 5) is 14.9. The van der Waals surface area contributed by atoms with E-state index in [0.29, 0.717) is 18.8 Å². The summed E-state index contributed by atoms with van der Waals surface area (Å²) in [7, 11) is 0. The molecule has 18 heavy (non-hydrogen) atoms. The fraction of sp³-hybridized carbons (Fsp3) is 0.364. The van der Waals surface area contributed by atoms with Crippen LogP contribution in [-0.4, -0.2) is 44.4 Å².